The molecule has 0 spiro atoms. The summed E-state index contributed by atoms with van der Waals surface area (Å²) in [5.41, 5.74) is 1.56. The molecule has 4 rings (SSSR count). The van der Waals surface area contributed by atoms with Crippen LogP contribution in [0.4, 0.5) is 10.1 Å². The fraction of sp³-hybridized carbons (Fsp3) is 0.0800. The standard InChI is InChI=1S/C25H20FNO3/c1-29-24-12-10-19(25(28)27-22-8-4-7-21(26)15-22)13-20(24)16-30-23-11-9-17-5-2-3-6-18(17)14-23/h2-15H,16H2,1H3,(H,27,28). The molecule has 1 N–H and O–H groups in total. The summed E-state index contributed by atoms with van der Waals surface area (Å²) in [5.74, 6) is 0.602. The van der Waals surface area contributed by atoms with Gasteiger partial charge < -0.3 is 14.8 Å². The summed E-state index contributed by atoms with van der Waals surface area (Å²) in [5, 5.41) is 4.92. The van der Waals surface area contributed by atoms with Gasteiger partial charge in [0.1, 0.15) is 23.9 Å². The first-order chi connectivity index (χ1) is 14.6. The first-order valence-corrected chi connectivity index (χ1v) is 9.48. The fourth-order valence-electron chi connectivity index (χ4n) is 3.22. The van der Waals surface area contributed by atoms with Gasteiger partial charge in [-0.25, -0.2) is 4.39 Å². The summed E-state index contributed by atoms with van der Waals surface area (Å²) >= 11 is 0. The minimum absolute atomic E-state index is 0.239. The van der Waals surface area contributed by atoms with Crippen molar-refractivity contribution in [1.29, 1.82) is 0 Å². The normalized spacial score (nSPS) is 10.6. The van der Waals surface area contributed by atoms with Crippen molar-refractivity contribution in [2.24, 2.45) is 0 Å². The third-order valence-electron chi connectivity index (χ3n) is 4.74. The molecule has 0 heterocycles. The number of amides is 1. The lowest BCUT2D eigenvalue weighted by molar-refractivity contribution is 0.102. The highest BCUT2D eigenvalue weighted by atomic mass is 19.1. The number of fused-ring (bicyclic) bond motifs is 1. The summed E-state index contributed by atoms with van der Waals surface area (Å²) in [6, 6.07) is 24.8. The fourth-order valence-corrected chi connectivity index (χ4v) is 3.22. The van der Waals surface area contributed by atoms with E-state index in [1.54, 1.807) is 37.4 Å². The Labute approximate surface area is 173 Å². The Bertz CT molecular complexity index is 1210. The SMILES string of the molecule is COc1ccc(C(=O)Nc2cccc(F)c2)cc1COc1ccc2ccccc2c1. The molecule has 0 fully saturated rings. The molecule has 4 aromatic rings. The van der Waals surface area contributed by atoms with Gasteiger partial charge in [0.25, 0.3) is 5.91 Å². The van der Waals surface area contributed by atoms with Gasteiger partial charge in [0.15, 0.2) is 0 Å². The highest BCUT2D eigenvalue weighted by Gasteiger charge is 2.12. The molecular formula is C25H20FNO3. The average Bonchev–Trinajstić information content (AvgIpc) is 2.77. The molecule has 0 radical (unpaired) electrons. The second-order valence-electron chi connectivity index (χ2n) is 6.79. The number of anilines is 1. The number of carbonyl (C=O) groups is 1. The van der Waals surface area contributed by atoms with Crippen LogP contribution in [0.15, 0.2) is 84.9 Å². The number of methoxy groups -OCH3 is 1. The van der Waals surface area contributed by atoms with E-state index < -0.39 is 5.82 Å². The summed E-state index contributed by atoms with van der Waals surface area (Å²) in [6.45, 7) is 0.239. The molecule has 0 aromatic heterocycles. The van der Waals surface area contributed by atoms with Crippen molar-refractivity contribution in [3.05, 3.63) is 102 Å². The molecule has 0 bridgehead atoms. The van der Waals surface area contributed by atoms with Crippen LogP contribution in [0.5, 0.6) is 11.5 Å². The molecule has 0 unspecified atom stereocenters. The number of benzene rings is 4. The van der Waals surface area contributed by atoms with Crippen molar-refractivity contribution in [2.75, 3.05) is 12.4 Å². The van der Waals surface area contributed by atoms with E-state index in [0.29, 0.717) is 17.0 Å². The molecule has 30 heavy (non-hydrogen) atoms. The van der Waals surface area contributed by atoms with Gasteiger partial charge in [-0.15, -0.1) is 0 Å². The van der Waals surface area contributed by atoms with Crippen molar-refractivity contribution in [1.82, 2.24) is 0 Å². The van der Waals surface area contributed by atoms with E-state index in [-0.39, 0.29) is 12.5 Å². The summed E-state index contributed by atoms with van der Waals surface area (Å²) in [7, 11) is 1.57. The topological polar surface area (TPSA) is 47.6 Å². The molecule has 0 saturated heterocycles. The van der Waals surface area contributed by atoms with E-state index >= 15 is 0 Å². The number of halogens is 1. The molecule has 4 nitrogen and oxygen atoms in total. The number of ether oxygens (including phenoxy) is 2. The Hall–Kier alpha value is -3.86. The molecule has 5 heteroatoms. The molecule has 0 aliphatic carbocycles. The van der Waals surface area contributed by atoms with E-state index in [9.17, 15) is 9.18 Å². The largest absolute Gasteiger partial charge is 0.496 e. The van der Waals surface area contributed by atoms with Gasteiger partial charge in [-0.3, -0.25) is 4.79 Å². The van der Waals surface area contributed by atoms with Crippen LogP contribution in [0.2, 0.25) is 0 Å². The number of hydrogen-bond acceptors (Lipinski definition) is 3. The van der Waals surface area contributed by atoms with Crippen molar-refractivity contribution < 1.29 is 18.7 Å². The lowest BCUT2D eigenvalue weighted by Gasteiger charge is -2.13. The maximum absolute atomic E-state index is 13.4. The first-order valence-electron chi connectivity index (χ1n) is 9.48. The maximum Gasteiger partial charge on any atom is 0.255 e. The molecule has 0 aliphatic heterocycles. The second kappa shape index (κ2) is 8.66. The second-order valence-corrected chi connectivity index (χ2v) is 6.79. The van der Waals surface area contributed by atoms with Crippen molar-refractivity contribution in [2.45, 2.75) is 6.61 Å². The summed E-state index contributed by atoms with van der Waals surface area (Å²) < 4.78 is 24.7. The number of hydrogen-bond donors (Lipinski definition) is 1. The number of nitrogens with one attached hydrogen (secondary N) is 1. The third-order valence-corrected chi connectivity index (χ3v) is 4.74. The Morgan fingerprint density at radius 1 is 0.900 bits per heavy atom. The van der Waals surface area contributed by atoms with Gasteiger partial charge in [-0.05, 0) is 59.3 Å². The minimum atomic E-state index is -0.410. The number of carbonyl (C=O) groups excluding carboxylic acids is 1. The van der Waals surface area contributed by atoms with E-state index in [1.807, 2.05) is 42.5 Å². The zero-order valence-corrected chi connectivity index (χ0v) is 16.4. The molecule has 0 saturated carbocycles. The molecule has 4 aromatic carbocycles. The third kappa shape index (κ3) is 4.41. The van der Waals surface area contributed by atoms with Crippen LogP contribution in [0, 0.1) is 5.82 Å². The quantitative estimate of drug-likeness (QED) is 0.443. The van der Waals surface area contributed by atoms with Crippen LogP contribution in [0.25, 0.3) is 10.8 Å². The Morgan fingerprint density at radius 3 is 2.53 bits per heavy atom. The highest BCUT2D eigenvalue weighted by molar-refractivity contribution is 6.04. The van der Waals surface area contributed by atoms with Gasteiger partial charge >= 0.3 is 0 Å². The van der Waals surface area contributed by atoms with Crippen LogP contribution in [-0.4, -0.2) is 13.0 Å². The highest BCUT2D eigenvalue weighted by Crippen LogP contribution is 2.25. The molecule has 1 amide bonds. The first kappa shape index (κ1) is 19.5. The Balaban J connectivity index is 1.52. The summed E-state index contributed by atoms with van der Waals surface area (Å²) in [4.78, 5) is 12.6. The average molecular weight is 401 g/mol. The van der Waals surface area contributed by atoms with Crippen molar-refractivity contribution in [3.8, 4) is 11.5 Å². The van der Waals surface area contributed by atoms with Crippen LogP contribution < -0.4 is 14.8 Å². The Morgan fingerprint density at radius 2 is 1.73 bits per heavy atom. The Kier molecular flexibility index (Phi) is 5.61. The van der Waals surface area contributed by atoms with Crippen molar-refractivity contribution >= 4 is 22.4 Å². The smallest absolute Gasteiger partial charge is 0.255 e. The van der Waals surface area contributed by atoms with E-state index in [0.717, 1.165) is 22.1 Å². The van der Waals surface area contributed by atoms with E-state index in [1.165, 1.54) is 12.1 Å². The molecule has 150 valence electrons. The number of rotatable bonds is 6. The van der Waals surface area contributed by atoms with Gasteiger partial charge in [0, 0.05) is 16.8 Å². The van der Waals surface area contributed by atoms with Crippen molar-refractivity contribution in [3.63, 3.8) is 0 Å². The van der Waals surface area contributed by atoms with Crippen LogP contribution in [0.3, 0.4) is 0 Å². The van der Waals surface area contributed by atoms with Crippen LogP contribution >= 0.6 is 0 Å². The maximum atomic E-state index is 13.4. The lowest BCUT2D eigenvalue weighted by atomic mass is 10.1. The molecular weight excluding hydrogens is 381 g/mol. The van der Waals surface area contributed by atoms with Gasteiger partial charge in [-0.2, -0.15) is 0 Å². The van der Waals surface area contributed by atoms with E-state index in [2.05, 4.69) is 5.32 Å². The predicted octanol–water partition coefficient (Wildman–Crippen LogP) is 5.82. The molecule has 0 aliphatic rings. The van der Waals surface area contributed by atoms with Gasteiger partial charge in [0.05, 0.1) is 7.11 Å². The zero-order valence-electron chi connectivity index (χ0n) is 16.4. The monoisotopic (exact) mass is 401 g/mol. The lowest BCUT2D eigenvalue weighted by Crippen LogP contribution is -2.13. The van der Waals surface area contributed by atoms with Gasteiger partial charge in [-0.1, -0.05) is 36.4 Å². The van der Waals surface area contributed by atoms with Gasteiger partial charge in [0.2, 0.25) is 0 Å². The van der Waals surface area contributed by atoms with Crippen LogP contribution in [0.1, 0.15) is 15.9 Å². The summed E-state index contributed by atoms with van der Waals surface area (Å²) in [6.07, 6.45) is 0. The minimum Gasteiger partial charge on any atom is -0.496 e. The molecule has 0 atom stereocenters. The zero-order chi connectivity index (χ0) is 20.9. The van der Waals surface area contributed by atoms with E-state index in [4.69, 9.17) is 9.47 Å². The van der Waals surface area contributed by atoms with Crippen LogP contribution in [-0.2, 0) is 6.61 Å². The predicted molar refractivity (Wildman–Crippen MR) is 116 cm³/mol.